The third-order valence-corrected chi connectivity index (χ3v) is 7.56. The molecule has 1 N–H and O–H groups in total. The Morgan fingerprint density at radius 1 is 1.16 bits per heavy atom. The average Bonchev–Trinajstić information content (AvgIpc) is 3.26. The lowest BCUT2D eigenvalue weighted by Crippen LogP contribution is -2.33. The second kappa shape index (κ2) is 10.8. The van der Waals surface area contributed by atoms with E-state index in [0.717, 1.165) is 45.4 Å². The summed E-state index contributed by atoms with van der Waals surface area (Å²) in [7, 11) is 0. The zero-order valence-corrected chi connectivity index (χ0v) is 21.8. The van der Waals surface area contributed by atoms with Crippen LogP contribution >= 0.6 is 15.9 Å². The number of Topliss-reactive ketones (excluding diaryl/α,β-unsaturated/α-hetero) is 1. The fourth-order valence-corrected chi connectivity index (χ4v) is 5.70. The molecule has 0 aliphatic heterocycles. The lowest BCUT2D eigenvalue weighted by Gasteiger charge is -2.32. The van der Waals surface area contributed by atoms with Crippen LogP contribution in [0.25, 0.3) is 0 Å². The number of aromatic nitrogens is 1. The lowest BCUT2D eigenvalue weighted by atomic mass is 9.88. The van der Waals surface area contributed by atoms with Crippen LogP contribution in [0.15, 0.2) is 27.5 Å². The van der Waals surface area contributed by atoms with Crippen molar-refractivity contribution in [2.24, 2.45) is 5.92 Å². The predicted molar refractivity (Wildman–Crippen MR) is 137 cm³/mol. The van der Waals surface area contributed by atoms with Gasteiger partial charge in [0, 0.05) is 46.0 Å². The number of H-pyrrole nitrogens is 1. The number of ketones is 1. The molecule has 0 radical (unpaired) electrons. The van der Waals surface area contributed by atoms with Gasteiger partial charge in [-0.15, -0.1) is 0 Å². The third-order valence-electron chi connectivity index (χ3n) is 7.10. The van der Waals surface area contributed by atoms with Gasteiger partial charge >= 0.3 is 0 Å². The number of aromatic amines is 1. The maximum atomic E-state index is 13.5. The minimum absolute atomic E-state index is 0.0236. The SMILES string of the molecule is CCC(CC(=O)c1cc(Br)cc(N(CC)C2CCCC2)c1C)Cc1c(C)cc(C)[nH]c1=O. The number of nitrogens with one attached hydrogen (secondary N) is 1. The Morgan fingerprint density at radius 3 is 2.44 bits per heavy atom. The Morgan fingerprint density at radius 2 is 1.84 bits per heavy atom. The maximum Gasteiger partial charge on any atom is 0.251 e. The molecule has 5 heteroatoms. The maximum absolute atomic E-state index is 13.5. The highest BCUT2D eigenvalue weighted by Gasteiger charge is 2.26. The molecule has 0 amide bonds. The molecule has 1 aromatic heterocycles. The number of pyridine rings is 1. The molecule has 1 aliphatic carbocycles. The van der Waals surface area contributed by atoms with Crippen molar-refractivity contribution in [3.63, 3.8) is 0 Å². The quantitative estimate of drug-likeness (QED) is 0.391. The van der Waals surface area contributed by atoms with E-state index >= 15 is 0 Å². The molecule has 1 aliphatic rings. The van der Waals surface area contributed by atoms with Gasteiger partial charge in [0.05, 0.1) is 0 Å². The molecule has 1 heterocycles. The summed E-state index contributed by atoms with van der Waals surface area (Å²) in [5.74, 6) is 0.310. The van der Waals surface area contributed by atoms with E-state index in [9.17, 15) is 9.59 Å². The van der Waals surface area contributed by atoms with Crippen molar-refractivity contribution in [2.75, 3.05) is 11.4 Å². The van der Waals surface area contributed by atoms with Crippen LogP contribution < -0.4 is 10.5 Å². The molecule has 1 fully saturated rings. The second-order valence-corrected chi connectivity index (χ2v) is 10.3. The molecular weight excluding hydrogens is 464 g/mol. The first-order valence-corrected chi connectivity index (χ1v) is 12.8. The molecule has 0 saturated heterocycles. The van der Waals surface area contributed by atoms with Gasteiger partial charge < -0.3 is 9.88 Å². The van der Waals surface area contributed by atoms with E-state index in [0.29, 0.717) is 18.9 Å². The van der Waals surface area contributed by atoms with Gasteiger partial charge in [0.1, 0.15) is 0 Å². The van der Waals surface area contributed by atoms with Crippen LogP contribution in [0.5, 0.6) is 0 Å². The summed E-state index contributed by atoms with van der Waals surface area (Å²) in [6.07, 6.45) is 6.98. The number of benzene rings is 1. The lowest BCUT2D eigenvalue weighted by molar-refractivity contribution is 0.0959. The van der Waals surface area contributed by atoms with Gasteiger partial charge in [-0.1, -0.05) is 42.1 Å². The highest BCUT2D eigenvalue weighted by molar-refractivity contribution is 9.10. The molecule has 3 rings (SSSR count). The Bertz CT molecular complexity index is 1020. The van der Waals surface area contributed by atoms with Gasteiger partial charge in [-0.05, 0) is 82.2 Å². The van der Waals surface area contributed by atoms with E-state index in [1.165, 1.54) is 31.4 Å². The molecular formula is C27H37BrN2O2. The second-order valence-electron chi connectivity index (χ2n) is 9.37. The van der Waals surface area contributed by atoms with Crippen LogP contribution in [0.4, 0.5) is 5.69 Å². The van der Waals surface area contributed by atoms with Crippen molar-refractivity contribution < 1.29 is 4.79 Å². The number of nitrogens with zero attached hydrogens (tertiary/aromatic N) is 1. The normalized spacial score (nSPS) is 15.2. The van der Waals surface area contributed by atoms with Crippen molar-refractivity contribution >= 4 is 27.4 Å². The van der Waals surface area contributed by atoms with Gasteiger partial charge in [0.2, 0.25) is 0 Å². The minimum atomic E-state index is -0.0236. The van der Waals surface area contributed by atoms with E-state index in [1.807, 2.05) is 26.0 Å². The van der Waals surface area contributed by atoms with Gasteiger partial charge in [-0.3, -0.25) is 9.59 Å². The summed E-state index contributed by atoms with van der Waals surface area (Å²) in [5, 5.41) is 0. The summed E-state index contributed by atoms with van der Waals surface area (Å²) < 4.78 is 0.955. The summed E-state index contributed by atoms with van der Waals surface area (Å²) in [5.41, 5.74) is 5.72. The highest BCUT2D eigenvalue weighted by atomic mass is 79.9. The van der Waals surface area contributed by atoms with Gasteiger partial charge in [-0.25, -0.2) is 0 Å². The number of carbonyl (C=O) groups excluding carboxylic acids is 1. The van der Waals surface area contributed by atoms with E-state index in [-0.39, 0.29) is 17.3 Å². The number of anilines is 1. The number of hydrogen-bond acceptors (Lipinski definition) is 3. The molecule has 1 unspecified atom stereocenters. The van der Waals surface area contributed by atoms with Crippen molar-refractivity contribution in [3.05, 3.63) is 61.0 Å². The van der Waals surface area contributed by atoms with Crippen LogP contribution in [0, 0.1) is 26.7 Å². The van der Waals surface area contributed by atoms with E-state index in [2.05, 4.69) is 52.7 Å². The molecule has 32 heavy (non-hydrogen) atoms. The summed E-state index contributed by atoms with van der Waals surface area (Å²) in [4.78, 5) is 31.3. The minimum Gasteiger partial charge on any atom is -0.369 e. The van der Waals surface area contributed by atoms with Crippen LogP contribution in [-0.2, 0) is 6.42 Å². The summed E-state index contributed by atoms with van der Waals surface area (Å²) in [6.45, 7) is 11.2. The number of carbonyl (C=O) groups is 1. The van der Waals surface area contributed by atoms with Gasteiger partial charge in [-0.2, -0.15) is 0 Å². The van der Waals surface area contributed by atoms with Crippen molar-refractivity contribution in [1.29, 1.82) is 0 Å². The van der Waals surface area contributed by atoms with Crippen molar-refractivity contribution in [3.8, 4) is 0 Å². The largest absolute Gasteiger partial charge is 0.369 e. The van der Waals surface area contributed by atoms with Crippen molar-refractivity contribution in [2.45, 2.75) is 85.6 Å². The number of rotatable bonds is 9. The molecule has 0 bridgehead atoms. The molecule has 0 spiro atoms. The Labute approximate surface area is 200 Å². The van der Waals surface area contributed by atoms with E-state index in [1.54, 1.807) is 0 Å². The van der Waals surface area contributed by atoms with Crippen LogP contribution in [0.1, 0.15) is 85.1 Å². The Kier molecular flexibility index (Phi) is 8.37. The molecule has 1 saturated carbocycles. The van der Waals surface area contributed by atoms with Crippen molar-refractivity contribution in [1.82, 2.24) is 4.98 Å². The molecule has 4 nitrogen and oxygen atoms in total. The molecule has 1 aromatic carbocycles. The van der Waals surface area contributed by atoms with Crippen LogP contribution in [0.3, 0.4) is 0 Å². The van der Waals surface area contributed by atoms with Crippen LogP contribution in [-0.4, -0.2) is 23.4 Å². The topological polar surface area (TPSA) is 53.2 Å². The first-order valence-electron chi connectivity index (χ1n) is 12.0. The zero-order valence-electron chi connectivity index (χ0n) is 20.2. The average molecular weight is 502 g/mol. The Hall–Kier alpha value is -1.88. The molecule has 1 atom stereocenters. The van der Waals surface area contributed by atoms with Gasteiger partial charge in [0.15, 0.2) is 5.78 Å². The standard InChI is InChI=1S/C27H37BrN2O2/c1-6-20(13-23-17(3)12-18(4)29-27(23)32)14-26(31)24-15-21(28)16-25(19(24)5)30(7-2)22-10-8-9-11-22/h12,15-16,20,22H,6-11,13-14H2,1-5H3,(H,29,32). The smallest absolute Gasteiger partial charge is 0.251 e. The highest BCUT2D eigenvalue weighted by Crippen LogP contribution is 2.35. The van der Waals surface area contributed by atoms with Gasteiger partial charge in [0.25, 0.3) is 5.56 Å². The van der Waals surface area contributed by atoms with E-state index < -0.39 is 0 Å². The zero-order chi connectivity index (χ0) is 23.4. The first-order chi connectivity index (χ1) is 15.2. The molecule has 2 aromatic rings. The number of halogens is 1. The van der Waals surface area contributed by atoms with Crippen LogP contribution in [0.2, 0.25) is 0 Å². The van der Waals surface area contributed by atoms with E-state index in [4.69, 9.17) is 0 Å². The summed E-state index contributed by atoms with van der Waals surface area (Å²) >= 11 is 3.66. The number of aryl methyl sites for hydroxylation is 2. The summed E-state index contributed by atoms with van der Waals surface area (Å²) in [6, 6.07) is 6.72. The fourth-order valence-electron chi connectivity index (χ4n) is 5.25. The monoisotopic (exact) mass is 500 g/mol. The Balaban J connectivity index is 1.85. The number of hydrogen-bond donors (Lipinski definition) is 1. The predicted octanol–water partition coefficient (Wildman–Crippen LogP) is 6.67. The molecule has 174 valence electrons. The first kappa shape index (κ1) is 24.8. The third kappa shape index (κ3) is 5.54. The fraction of sp³-hybridized carbons (Fsp3) is 0.556.